The fourth-order valence-corrected chi connectivity index (χ4v) is 6.21. The van der Waals surface area contributed by atoms with Crippen molar-refractivity contribution in [2.45, 2.75) is 44.3 Å². The predicted molar refractivity (Wildman–Crippen MR) is 157 cm³/mol. The molecule has 3 heterocycles. The van der Waals surface area contributed by atoms with E-state index in [1.165, 1.54) is 10.8 Å². The van der Waals surface area contributed by atoms with Gasteiger partial charge < -0.3 is 15.3 Å². The third kappa shape index (κ3) is 6.44. The van der Waals surface area contributed by atoms with E-state index in [2.05, 4.69) is 20.3 Å². The van der Waals surface area contributed by atoms with Gasteiger partial charge in [0.25, 0.3) is 5.56 Å². The van der Waals surface area contributed by atoms with Crippen LogP contribution in [0.15, 0.2) is 53.5 Å². The van der Waals surface area contributed by atoms with Crippen LogP contribution in [0.3, 0.4) is 0 Å². The summed E-state index contributed by atoms with van der Waals surface area (Å²) in [5.74, 6) is -3.47. The van der Waals surface area contributed by atoms with Crippen LogP contribution in [-0.2, 0) is 15.8 Å². The van der Waals surface area contributed by atoms with Gasteiger partial charge in [0.1, 0.15) is 17.4 Å². The molecule has 232 valence electrons. The van der Waals surface area contributed by atoms with E-state index in [4.69, 9.17) is 0 Å². The molecule has 44 heavy (non-hydrogen) atoms. The molecule has 0 radical (unpaired) electrons. The largest absolute Gasteiger partial charge is 0.465 e. The number of hydrogen-bond acceptors (Lipinski definition) is 8. The molecular formula is C28H28F3N7O5S. The Morgan fingerprint density at radius 2 is 1.82 bits per heavy atom. The van der Waals surface area contributed by atoms with Crippen molar-refractivity contribution in [3.05, 3.63) is 76.2 Å². The molecule has 1 aliphatic heterocycles. The zero-order chi connectivity index (χ0) is 31.8. The lowest BCUT2D eigenvalue weighted by atomic mass is 10.0. The van der Waals surface area contributed by atoms with E-state index in [1.54, 1.807) is 44.2 Å². The van der Waals surface area contributed by atoms with E-state index in [1.807, 2.05) is 4.72 Å². The van der Waals surface area contributed by atoms with Crippen molar-refractivity contribution in [3.8, 4) is 11.3 Å². The minimum atomic E-state index is -4.10. The SMILES string of the molecule is CC(C)n1c(=O)c(-c2ccc(NS(=O)(=O)Cc3ccccc3)c(F)c2F)nc2cnc(N[C@H]3C[C@H](F)CN(C(=O)O)C3)nc21. The molecule has 0 bridgehead atoms. The van der Waals surface area contributed by atoms with Crippen molar-refractivity contribution in [2.75, 3.05) is 23.1 Å². The molecule has 0 saturated carbocycles. The summed E-state index contributed by atoms with van der Waals surface area (Å²) in [6, 6.07) is 9.06. The Bertz CT molecular complexity index is 1890. The number of hydrogen-bond donors (Lipinski definition) is 3. The van der Waals surface area contributed by atoms with Gasteiger partial charge in [0.2, 0.25) is 16.0 Å². The normalized spacial score (nSPS) is 17.2. The summed E-state index contributed by atoms with van der Waals surface area (Å²) in [4.78, 5) is 38.6. The van der Waals surface area contributed by atoms with Crippen molar-refractivity contribution < 1.29 is 31.5 Å². The quantitative estimate of drug-likeness (QED) is 0.260. The first-order valence-corrected chi connectivity index (χ1v) is 15.2. The molecule has 0 spiro atoms. The van der Waals surface area contributed by atoms with Gasteiger partial charge in [0.15, 0.2) is 17.3 Å². The second-order valence-corrected chi connectivity index (χ2v) is 12.4. The minimum Gasteiger partial charge on any atom is -0.465 e. The maximum Gasteiger partial charge on any atom is 0.407 e. The van der Waals surface area contributed by atoms with Crippen molar-refractivity contribution in [3.63, 3.8) is 0 Å². The lowest BCUT2D eigenvalue weighted by Crippen LogP contribution is -2.49. The first-order chi connectivity index (χ1) is 20.8. The van der Waals surface area contributed by atoms with Crippen LogP contribution in [0.5, 0.6) is 0 Å². The van der Waals surface area contributed by atoms with Crippen LogP contribution in [0.1, 0.15) is 31.9 Å². The number of nitrogens with zero attached hydrogens (tertiary/aromatic N) is 5. The van der Waals surface area contributed by atoms with Gasteiger partial charge in [-0.3, -0.25) is 14.1 Å². The van der Waals surface area contributed by atoms with Gasteiger partial charge in [0, 0.05) is 30.6 Å². The van der Waals surface area contributed by atoms with Crippen LogP contribution in [0.25, 0.3) is 22.4 Å². The van der Waals surface area contributed by atoms with Gasteiger partial charge >= 0.3 is 6.09 Å². The zero-order valence-electron chi connectivity index (χ0n) is 23.5. The third-order valence-corrected chi connectivity index (χ3v) is 8.20. The molecule has 2 aromatic heterocycles. The standard InChI is InChI=1S/C28H28F3N7O5S/c1-15(2)38-25-21(11-32-27(35-25)33-18-10-17(29)12-37(13-18)28(40)41)34-24(26(38)39)19-8-9-20(23(31)22(19)30)36-44(42,43)14-16-6-4-3-5-7-16/h3-9,11,15,17-18,36H,10,12-14H2,1-2H3,(H,40,41)(H,32,33,35)/t17-,18-/m0/s1. The van der Waals surface area contributed by atoms with E-state index < -0.39 is 74.3 Å². The Morgan fingerprint density at radius 3 is 2.50 bits per heavy atom. The summed E-state index contributed by atoms with van der Waals surface area (Å²) < 4.78 is 73.1. The highest BCUT2D eigenvalue weighted by molar-refractivity contribution is 7.91. The third-order valence-electron chi connectivity index (χ3n) is 6.95. The first kappa shape index (κ1) is 30.7. The van der Waals surface area contributed by atoms with Gasteiger partial charge in [-0.2, -0.15) is 4.98 Å². The first-order valence-electron chi connectivity index (χ1n) is 13.5. The van der Waals surface area contributed by atoms with Gasteiger partial charge in [-0.1, -0.05) is 30.3 Å². The maximum absolute atomic E-state index is 15.4. The van der Waals surface area contributed by atoms with Crippen molar-refractivity contribution in [1.82, 2.24) is 24.4 Å². The fourth-order valence-electron chi connectivity index (χ4n) is 5.01. The summed E-state index contributed by atoms with van der Waals surface area (Å²) in [6.45, 7) is 3.08. The summed E-state index contributed by atoms with van der Waals surface area (Å²) in [5.41, 5.74) is -1.82. The van der Waals surface area contributed by atoms with E-state index in [9.17, 15) is 27.5 Å². The molecule has 1 saturated heterocycles. The highest BCUT2D eigenvalue weighted by atomic mass is 32.2. The Labute approximate surface area is 249 Å². The number of carbonyl (C=O) groups is 1. The molecule has 12 nitrogen and oxygen atoms in total. The summed E-state index contributed by atoms with van der Waals surface area (Å²) >= 11 is 0. The number of aromatic nitrogens is 4. The minimum absolute atomic E-state index is 0.00495. The van der Waals surface area contributed by atoms with Crippen molar-refractivity contribution in [1.29, 1.82) is 0 Å². The summed E-state index contributed by atoms with van der Waals surface area (Å²) in [6.07, 6.45) is -1.39. The second kappa shape index (κ2) is 12.1. The zero-order valence-corrected chi connectivity index (χ0v) is 24.4. The van der Waals surface area contributed by atoms with Crippen LogP contribution in [0, 0.1) is 11.6 Å². The molecule has 3 N–H and O–H groups in total. The molecule has 16 heteroatoms. The highest BCUT2D eigenvalue weighted by Gasteiger charge is 2.31. The van der Waals surface area contributed by atoms with Crippen LogP contribution < -0.4 is 15.6 Å². The van der Waals surface area contributed by atoms with Gasteiger partial charge in [-0.15, -0.1) is 0 Å². The number of benzene rings is 2. The number of halogens is 3. The van der Waals surface area contributed by atoms with E-state index in [0.717, 1.165) is 17.0 Å². The fraction of sp³-hybridized carbons (Fsp3) is 0.321. The number of alkyl halides is 1. The predicted octanol–water partition coefficient (Wildman–Crippen LogP) is 4.16. The van der Waals surface area contributed by atoms with Crippen molar-refractivity contribution >= 4 is 38.9 Å². The molecule has 0 aliphatic carbocycles. The number of sulfonamides is 1. The molecule has 4 aromatic rings. The molecule has 1 fully saturated rings. The highest BCUT2D eigenvalue weighted by Crippen LogP contribution is 2.29. The lowest BCUT2D eigenvalue weighted by molar-refractivity contribution is 0.102. The number of amides is 1. The van der Waals surface area contributed by atoms with E-state index in [0.29, 0.717) is 5.56 Å². The smallest absolute Gasteiger partial charge is 0.407 e. The Kier molecular flexibility index (Phi) is 8.45. The second-order valence-electron chi connectivity index (χ2n) is 10.6. The molecule has 0 unspecified atom stereocenters. The Morgan fingerprint density at radius 1 is 1.09 bits per heavy atom. The van der Waals surface area contributed by atoms with E-state index in [-0.39, 0.29) is 36.6 Å². The Hall–Kier alpha value is -4.73. The topological polar surface area (TPSA) is 159 Å². The van der Waals surface area contributed by atoms with Crippen LogP contribution >= 0.6 is 0 Å². The molecular weight excluding hydrogens is 603 g/mol. The number of anilines is 2. The van der Waals surface area contributed by atoms with Gasteiger partial charge in [-0.05, 0) is 31.5 Å². The molecule has 2 atom stereocenters. The number of carboxylic acid groups (broad SMARTS) is 1. The van der Waals surface area contributed by atoms with Crippen LogP contribution in [-0.4, -0.2) is 69.3 Å². The number of rotatable bonds is 8. The molecule has 2 aromatic carbocycles. The van der Waals surface area contributed by atoms with Crippen LogP contribution in [0.4, 0.5) is 29.6 Å². The van der Waals surface area contributed by atoms with E-state index >= 15 is 8.78 Å². The molecule has 1 amide bonds. The summed E-state index contributed by atoms with van der Waals surface area (Å²) in [7, 11) is -4.10. The van der Waals surface area contributed by atoms with Crippen molar-refractivity contribution in [2.24, 2.45) is 0 Å². The Balaban J connectivity index is 1.47. The summed E-state index contributed by atoms with van der Waals surface area (Å²) in [5, 5.41) is 12.2. The average Bonchev–Trinajstić information content (AvgIpc) is 2.95. The average molecular weight is 632 g/mol. The maximum atomic E-state index is 15.4. The molecule has 1 aliphatic rings. The monoisotopic (exact) mass is 631 g/mol. The molecule has 5 rings (SSSR count). The number of nitrogens with one attached hydrogen (secondary N) is 2. The number of fused-ring (bicyclic) bond motifs is 1. The number of piperidine rings is 1. The lowest BCUT2D eigenvalue weighted by Gasteiger charge is -2.33. The number of likely N-dealkylation sites (tertiary alicyclic amines) is 1. The van der Waals surface area contributed by atoms with Gasteiger partial charge in [0.05, 0.1) is 24.2 Å². The van der Waals surface area contributed by atoms with Crippen LogP contribution in [0.2, 0.25) is 0 Å². The van der Waals surface area contributed by atoms with Gasteiger partial charge in [-0.25, -0.2) is 36.4 Å².